The van der Waals surface area contributed by atoms with E-state index < -0.39 is 0 Å². The first kappa shape index (κ1) is 12.9. The number of benzene rings is 1. The van der Waals surface area contributed by atoms with Gasteiger partial charge in [-0.3, -0.25) is 9.59 Å². The Morgan fingerprint density at radius 1 is 1.44 bits per heavy atom. The van der Waals surface area contributed by atoms with Gasteiger partial charge in [-0.05, 0) is 38.0 Å². The zero-order chi connectivity index (χ0) is 13.1. The summed E-state index contributed by atoms with van der Waals surface area (Å²) < 4.78 is 5.35. The van der Waals surface area contributed by atoms with Gasteiger partial charge in [0.25, 0.3) is 5.91 Å². The van der Waals surface area contributed by atoms with E-state index in [0.717, 1.165) is 12.8 Å². The fourth-order valence-corrected chi connectivity index (χ4v) is 1.72. The Hall–Kier alpha value is -1.55. The highest BCUT2D eigenvalue weighted by Gasteiger charge is 2.23. The van der Waals surface area contributed by atoms with E-state index in [9.17, 15) is 9.59 Å². The molecule has 1 N–H and O–H groups in total. The van der Waals surface area contributed by atoms with Crippen LogP contribution in [0.1, 0.15) is 30.1 Å². The number of hydrogen-bond donors (Lipinski definition) is 1. The van der Waals surface area contributed by atoms with Crippen LogP contribution in [0.5, 0.6) is 5.75 Å². The lowest BCUT2D eigenvalue weighted by molar-refractivity contribution is -0.123. The second-order valence-corrected chi connectivity index (χ2v) is 4.76. The minimum absolute atomic E-state index is 0.0849. The Labute approximate surface area is 110 Å². The van der Waals surface area contributed by atoms with Crippen LogP contribution in [0, 0.1) is 0 Å². The average Bonchev–Trinajstić information content (AvgIpc) is 3.11. The molecule has 0 bridgehead atoms. The smallest absolute Gasteiger partial charge is 0.258 e. The van der Waals surface area contributed by atoms with Crippen LogP contribution in [0.2, 0.25) is 5.02 Å². The number of ether oxygens (including phenoxy) is 1. The van der Waals surface area contributed by atoms with Crippen LogP contribution < -0.4 is 10.1 Å². The van der Waals surface area contributed by atoms with Gasteiger partial charge in [0, 0.05) is 11.1 Å². The molecule has 0 radical (unpaired) electrons. The number of ketones is 1. The number of carbonyl (C=O) groups excluding carboxylic acids is 2. The summed E-state index contributed by atoms with van der Waals surface area (Å²) in [6.07, 6.45) is 2.07. The third-order valence-corrected chi connectivity index (χ3v) is 2.86. The highest BCUT2D eigenvalue weighted by molar-refractivity contribution is 6.31. The summed E-state index contributed by atoms with van der Waals surface area (Å²) >= 11 is 5.81. The summed E-state index contributed by atoms with van der Waals surface area (Å²) in [5.41, 5.74) is 0.390. The number of rotatable bonds is 5. The lowest BCUT2D eigenvalue weighted by atomic mass is 10.1. The van der Waals surface area contributed by atoms with Crippen molar-refractivity contribution in [2.24, 2.45) is 0 Å². The first-order valence-electron chi connectivity index (χ1n) is 5.79. The number of amides is 1. The summed E-state index contributed by atoms with van der Waals surface area (Å²) in [5.74, 6) is 0.0786. The minimum Gasteiger partial charge on any atom is -0.483 e. The Bertz CT molecular complexity index is 483. The second kappa shape index (κ2) is 5.40. The second-order valence-electron chi connectivity index (χ2n) is 4.33. The number of carbonyl (C=O) groups is 2. The fraction of sp³-hybridized carbons (Fsp3) is 0.385. The summed E-state index contributed by atoms with van der Waals surface area (Å²) in [7, 11) is 0. The van der Waals surface area contributed by atoms with Gasteiger partial charge >= 0.3 is 0 Å². The van der Waals surface area contributed by atoms with Crippen molar-refractivity contribution < 1.29 is 14.3 Å². The van der Waals surface area contributed by atoms with Crippen molar-refractivity contribution in [2.45, 2.75) is 25.8 Å². The van der Waals surface area contributed by atoms with Crippen molar-refractivity contribution in [3.63, 3.8) is 0 Å². The largest absolute Gasteiger partial charge is 0.483 e. The molecular weight excluding hydrogens is 254 g/mol. The van der Waals surface area contributed by atoms with E-state index in [-0.39, 0.29) is 18.3 Å². The van der Waals surface area contributed by atoms with Gasteiger partial charge in [-0.1, -0.05) is 11.6 Å². The molecule has 2 rings (SSSR count). The SMILES string of the molecule is CC(=O)c1cc(Cl)ccc1OCC(=O)NC1CC1. The molecule has 1 fully saturated rings. The molecule has 1 saturated carbocycles. The van der Waals surface area contributed by atoms with E-state index in [2.05, 4.69) is 5.32 Å². The monoisotopic (exact) mass is 267 g/mol. The molecule has 96 valence electrons. The van der Waals surface area contributed by atoms with E-state index in [1.165, 1.54) is 13.0 Å². The lowest BCUT2D eigenvalue weighted by Gasteiger charge is -2.10. The number of halogens is 1. The first-order chi connectivity index (χ1) is 8.56. The van der Waals surface area contributed by atoms with Crippen LogP contribution in [0.3, 0.4) is 0 Å². The first-order valence-corrected chi connectivity index (χ1v) is 6.16. The summed E-state index contributed by atoms with van der Waals surface area (Å²) in [4.78, 5) is 22.9. The molecule has 5 heteroatoms. The molecule has 0 aromatic heterocycles. The van der Waals surface area contributed by atoms with Crippen LogP contribution in [-0.2, 0) is 4.79 Å². The molecule has 18 heavy (non-hydrogen) atoms. The van der Waals surface area contributed by atoms with Crippen LogP contribution in [0.15, 0.2) is 18.2 Å². The standard InChI is InChI=1S/C13H14ClNO3/c1-8(16)11-6-9(14)2-5-12(11)18-7-13(17)15-10-3-4-10/h2,5-6,10H,3-4,7H2,1H3,(H,15,17). The Morgan fingerprint density at radius 2 is 2.17 bits per heavy atom. The highest BCUT2D eigenvalue weighted by Crippen LogP contribution is 2.23. The molecule has 0 atom stereocenters. The van der Waals surface area contributed by atoms with E-state index in [4.69, 9.17) is 16.3 Å². The fourth-order valence-electron chi connectivity index (χ4n) is 1.54. The average molecular weight is 268 g/mol. The van der Waals surface area contributed by atoms with E-state index in [0.29, 0.717) is 22.4 Å². The number of hydrogen-bond acceptors (Lipinski definition) is 3. The van der Waals surface area contributed by atoms with Crippen molar-refractivity contribution in [1.29, 1.82) is 0 Å². The Balaban J connectivity index is 1.99. The molecule has 1 amide bonds. The van der Waals surface area contributed by atoms with Crippen molar-refractivity contribution in [3.05, 3.63) is 28.8 Å². The summed E-state index contributed by atoms with van der Waals surface area (Å²) in [5, 5.41) is 3.28. The molecule has 0 spiro atoms. The third kappa shape index (κ3) is 3.47. The van der Waals surface area contributed by atoms with Crippen molar-refractivity contribution in [3.8, 4) is 5.75 Å². The molecule has 4 nitrogen and oxygen atoms in total. The maximum atomic E-state index is 11.5. The molecule has 0 heterocycles. The number of nitrogens with one attached hydrogen (secondary N) is 1. The molecule has 1 aliphatic rings. The predicted molar refractivity (Wildman–Crippen MR) is 68.1 cm³/mol. The van der Waals surface area contributed by atoms with Gasteiger partial charge in [0.05, 0.1) is 5.56 Å². The van der Waals surface area contributed by atoms with Gasteiger partial charge in [-0.25, -0.2) is 0 Å². The van der Waals surface area contributed by atoms with Crippen LogP contribution in [0.4, 0.5) is 0 Å². The molecule has 0 aliphatic heterocycles. The van der Waals surface area contributed by atoms with Gasteiger partial charge in [-0.2, -0.15) is 0 Å². The summed E-state index contributed by atoms with van der Waals surface area (Å²) in [6, 6.07) is 5.07. The summed E-state index contributed by atoms with van der Waals surface area (Å²) in [6.45, 7) is 1.35. The molecular formula is C13H14ClNO3. The Morgan fingerprint density at radius 3 is 2.78 bits per heavy atom. The molecule has 1 aromatic rings. The molecule has 1 aromatic carbocycles. The van der Waals surface area contributed by atoms with Gasteiger partial charge in [0.2, 0.25) is 0 Å². The number of Topliss-reactive ketones (excluding diaryl/α,β-unsaturated/α-hetero) is 1. The Kier molecular flexibility index (Phi) is 3.87. The predicted octanol–water partition coefficient (Wildman–Crippen LogP) is 2.20. The van der Waals surface area contributed by atoms with Crippen molar-refractivity contribution in [1.82, 2.24) is 5.32 Å². The van der Waals surface area contributed by atoms with Gasteiger partial charge in [-0.15, -0.1) is 0 Å². The van der Waals surface area contributed by atoms with Crippen LogP contribution in [0.25, 0.3) is 0 Å². The van der Waals surface area contributed by atoms with E-state index in [1.54, 1.807) is 12.1 Å². The van der Waals surface area contributed by atoms with Gasteiger partial charge < -0.3 is 10.1 Å². The van der Waals surface area contributed by atoms with Crippen molar-refractivity contribution in [2.75, 3.05) is 6.61 Å². The zero-order valence-corrected chi connectivity index (χ0v) is 10.8. The lowest BCUT2D eigenvalue weighted by Crippen LogP contribution is -2.30. The van der Waals surface area contributed by atoms with E-state index in [1.807, 2.05) is 0 Å². The maximum absolute atomic E-state index is 11.5. The van der Waals surface area contributed by atoms with Crippen LogP contribution >= 0.6 is 11.6 Å². The highest BCUT2D eigenvalue weighted by atomic mass is 35.5. The normalized spacial score (nSPS) is 14.1. The molecule has 0 unspecified atom stereocenters. The minimum atomic E-state index is -0.165. The van der Waals surface area contributed by atoms with Crippen molar-refractivity contribution >= 4 is 23.3 Å². The van der Waals surface area contributed by atoms with Crippen LogP contribution in [-0.4, -0.2) is 24.3 Å². The molecule has 1 aliphatic carbocycles. The molecule has 0 saturated heterocycles. The third-order valence-electron chi connectivity index (χ3n) is 2.62. The topological polar surface area (TPSA) is 55.4 Å². The zero-order valence-electron chi connectivity index (χ0n) is 10.0. The van der Waals surface area contributed by atoms with Gasteiger partial charge in [0.15, 0.2) is 12.4 Å². The van der Waals surface area contributed by atoms with E-state index >= 15 is 0 Å². The maximum Gasteiger partial charge on any atom is 0.258 e. The quantitative estimate of drug-likeness (QED) is 0.832. The van der Waals surface area contributed by atoms with Gasteiger partial charge in [0.1, 0.15) is 5.75 Å².